The first-order valence-corrected chi connectivity index (χ1v) is 4.65. The second kappa shape index (κ2) is 5.56. The van der Waals surface area contributed by atoms with E-state index in [0.29, 0.717) is 24.5 Å². The van der Waals surface area contributed by atoms with Crippen LogP contribution >= 0.6 is 0 Å². The van der Waals surface area contributed by atoms with Crippen molar-refractivity contribution in [1.82, 2.24) is 9.97 Å². The van der Waals surface area contributed by atoms with Crippen LogP contribution in [0.15, 0.2) is 12.4 Å². The second-order valence-electron chi connectivity index (χ2n) is 2.86. The lowest BCUT2D eigenvalue weighted by Crippen LogP contribution is -2.24. The highest BCUT2D eigenvalue weighted by atomic mass is 15.2. The molecule has 0 atom stereocenters. The summed E-state index contributed by atoms with van der Waals surface area (Å²) in [5.41, 5.74) is 0.301. The Hall–Kier alpha value is -2.14. The van der Waals surface area contributed by atoms with Crippen LogP contribution in [-0.2, 0) is 0 Å². The summed E-state index contributed by atoms with van der Waals surface area (Å²) in [5, 5.41) is 17.0. The molecule has 0 aliphatic heterocycles. The molecule has 5 nitrogen and oxygen atoms in total. The van der Waals surface area contributed by atoms with E-state index in [1.165, 1.54) is 6.20 Å². The van der Waals surface area contributed by atoms with Gasteiger partial charge < -0.3 is 4.90 Å². The van der Waals surface area contributed by atoms with Crippen molar-refractivity contribution >= 4 is 5.82 Å². The maximum absolute atomic E-state index is 8.56. The molecule has 0 fully saturated rings. The second-order valence-corrected chi connectivity index (χ2v) is 2.86. The summed E-state index contributed by atoms with van der Waals surface area (Å²) >= 11 is 0. The molecule has 0 bridgehead atoms. The van der Waals surface area contributed by atoms with E-state index in [4.69, 9.17) is 10.5 Å². The molecule has 0 saturated heterocycles. The van der Waals surface area contributed by atoms with Crippen LogP contribution in [0.3, 0.4) is 0 Å². The Bertz CT molecular complexity index is 384. The summed E-state index contributed by atoms with van der Waals surface area (Å²) < 4.78 is 0. The number of hydrogen-bond donors (Lipinski definition) is 0. The maximum atomic E-state index is 8.56. The zero-order chi connectivity index (χ0) is 11.1. The molecule has 1 aromatic heterocycles. The zero-order valence-electron chi connectivity index (χ0n) is 8.51. The smallest absolute Gasteiger partial charge is 0.158 e. The van der Waals surface area contributed by atoms with Gasteiger partial charge in [-0.05, 0) is 6.92 Å². The van der Waals surface area contributed by atoms with Crippen molar-refractivity contribution in [2.45, 2.75) is 13.3 Å². The highest BCUT2D eigenvalue weighted by Crippen LogP contribution is 2.08. The number of nitrogens with zero attached hydrogens (tertiary/aromatic N) is 5. The van der Waals surface area contributed by atoms with Gasteiger partial charge in [-0.2, -0.15) is 10.5 Å². The van der Waals surface area contributed by atoms with Crippen molar-refractivity contribution in [2.24, 2.45) is 0 Å². The number of hydrogen-bond acceptors (Lipinski definition) is 5. The van der Waals surface area contributed by atoms with Crippen LogP contribution in [0.1, 0.15) is 19.0 Å². The molecule has 1 aromatic rings. The van der Waals surface area contributed by atoms with Gasteiger partial charge >= 0.3 is 0 Å². The molecule has 15 heavy (non-hydrogen) atoms. The van der Waals surface area contributed by atoms with Crippen LogP contribution in [-0.4, -0.2) is 23.1 Å². The minimum Gasteiger partial charge on any atom is -0.355 e. The quantitative estimate of drug-likeness (QED) is 0.728. The fourth-order valence-corrected chi connectivity index (χ4v) is 1.16. The minimum absolute atomic E-state index is 0.301. The van der Waals surface area contributed by atoms with Crippen LogP contribution in [0.4, 0.5) is 5.82 Å². The molecule has 0 aromatic carbocycles. The molecule has 1 rings (SSSR count). The van der Waals surface area contributed by atoms with Gasteiger partial charge in [-0.25, -0.2) is 9.97 Å². The fourth-order valence-electron chi connectivity index (χ4n) is 1.16. The van der Waals surface area contributed by atoms with Crippen molar-refractivity contribution in [3.8, 4) is 12.1 Å². The standard InChI is InChI=1S/C10H11N5/c1-2-15(5-3-4-11)10-8-13-9(6-12)7-14-10/h7-8H,2-3,5H2,1H3. The van der Waals surface area contributed by atoms with E-state index >= 15 is 0 Å². The molecule has 5 heteroatoms. The number of anilines is 1. The van der Waals surface area contributed by atoms with Gasteiger partial charge in [-0.15, -0.1) is 0 Å². The Morgan fingerprint density at radius 3 is 2.60 bits per heavy atom. The molecule has 0 saturated carbocycles. The summed E-state index contributed by atoms with van der Waals surface area (Å²) in [6.07, 6.45) is 3.44. The van der Waals surface area contributed by atoms with Gasteiger partial charge in [0.15, 0.2) is 5.69 Å². The van der Waals surface area contributed by atoms with Crippen molar-refractivity contribution in [3.63, 3.8) is 0 Å². The first-order valence-electron chi connectivity index (χ1n) is 4.65. The summed E-state index contributed by atoms with van der Waals surface area (Å²) in [5.74, 6) is 0.701. The first-order chi connectivity index (χ1) is 7.31. The van der Waals surface area contributed by atoms with Crippen molar-refractivity contribution in [3.05, 3.63) is 18.1 Å². The van der Waals surface area contributed by atoms with E-state index in [0.717, 1.165) is 6.54 Å². The van der Waals surface area contributed by atoms with Gasteiger partial charge in [0, 0.05) is 13.1 Å². The summed E-state index contributed by atoms with van der Waals surface area (Å²) in [7, 11) is 0. The molecule has 0 amide bonds. The summed E-state index contributed by atoms with van der Waals surface area (Å²) in [6.45, 7) is 3.38. The normalized spacial score (nSPS) is 9.00. The SMILES string of the molecule is CCN(CCC#N)c1cnc(C#N)cn1. The highest BCUT2D eigenvalue weighted by Gasteiger charge is 2.05. The Morgan fingerprint density at radius 2 is 2.13 bits per heavy atom. The lowest BCUT2D eigenvalue weighted by molar-refractivity contribution is 0.806. The molecular weight excluding hydrogens is 190 g/mol. The van der Waals surface area contributed by atoms with E-state index in [1.807, 2.05) is 17.9 Å². The van der Waals surface area contributed by atoms with E-state index in [1.54, 1.807) is 6.20 Å². The average Bonchev–Trinajstić information content (AvgIpc) is 2.31. The summed E-state index contributed by atoms with van der Waals surface area (Å²) in [6, 6.07) is 3.99. The third-order valence-corrected chi connectivity index (χ3v) is 1.95. The molecule has 0 aliphatic carbocycles. The van der Waals surface area contributed by atoms with Crippen molar-refractivity contribution in [1.29, 1.82) is 10.5 Å². The topological polar surface area (TPSA) is 76.6 Å². The lowest BCUT2D eigenvalue weighted by Gasteiger charge is -2.19. The fraction of sp³-hybridized carbons (Fsp3) is 0.400. The van der Waals surface area contributed by atoms with Crippen LogP contribution in [0, 0.1) is 22.7 Å². The highest BCUT2D eigenvalue weighted by molar-refractivity contribution is 5.36. The van der Waals surface area contributed by atoms with Gasteiger partial charge in [-0.3, -0.25) is 0 Å². The number of nitriles is 2. The van der Waals surface area contributed by atoms with Gasteiger partial charge in [-0.1, -0.05) is 0 Å². The Balaban J connectivity index is 2.75. The lowest BCUT2D eigenvalue weighted by atomic mass is 10.4. The van der Waals surface area contributed by atoms with E-state index in [2.05, 4.69) is 16.0 Å². The van der Waals surface area contributed by atoms with E-state index in [9.17, 15) is 0 Å². The van der Waals surface area contributed by atoms with Crippen molar-refractivity contribution < 1.29 is 0 Å². The monoisotopic (exact) mass is 201 g/mol. The molecular formula is C10H11N5. The molecule has 0 N–H and O–H groups in total. The molecule has 76 valence electrons. The van der Waals surface area contributed by atoms with Crippen LogP contribution in [0.2, 0.25) is 0 Å². The molecule has 1 heterocycles. The molecule has 0 spiro atoms. The zero-order valence-corrected chi connectivity index (χ0v) is 8.51. The van der Waals surface area contributed by atoms with Gasteiger partial charge in [0.2, 0.25) is 0 Å². The molecule has 0 aliphatic rings. The van der Waals surface area contributed by atoms with Crippen LogP contribution in [0.25, 0.3) is 0 Å². The largest absolute Gasteiger partial charge is 0.355 e. The van der Waals surface area contributed by atoms with Crippen LogP contribution in [0.5, 0.6) is 0 Å². The molecule has 0 unspecified atom stereocenters. The number of rotatable bonds is 4. The Kier molecular flexibility index (Phi) is 4.05. The van der Waals surface area contributed by atoms with E-state index in [-0.39, 0.29) is 0 Å². The third kappa shape index (κ3) is 2.92. The maximum Gasteiger partial charge on any atom is 0.158 e. The van der Waals surface area contributed by atoms with Crippen LogP contribution < -0.4 is 4.90 Å². The summed E-state index contributed by atoms with van der Waals surface area (Å²) in [4.78, 5) is 9.97. The van der Waals surface area contributed by atoms with Gasteiger partial charge in [0.05, 0.1) is 24.9 Å². The minimum atomic E-state index is 0.301. The number of aromatic nitrogens is 2. The molecule has 0 radical (unpaired) electrons. The Morgan fingerprint density at radius 1 is 1.33 bits per heavy atom. The first kappa shape index (κ1) is 10.9. The third-order valence-electron chi connectivity index (χ3n) is 1.95. The van der Waals surface area contributed by atoms with Gasteiger partial charge in [0.25, 0.3) is 0 Å². The van der Waals surface area contributed by atoms with E-state index < -0.39 is 0 Å². The predicted octanol–water partition coefficient (Wildman–Crippen LogP) is 1.09. The average molecular weight is 201 g/mol. The predicted molar refractivity (Wildman–Crippen MR) is 54.9 cm³/mol. The van der Waals surface area contributed by atoms with Crippen molar-refractivity contribution in [2.75, 3.05) is 18.0 Å². The van der Waals surface area contributed by atoms with Gasteiger partial charge in [0.1, 0.15) is 11.9 Å². The Labute approximate surface area is 88.6 Å².